The second-order valence-corrected chi connectivity index (χ2v) is 2.82. The van der Waals surface area contributed by atoms with Crippen LogP contribution in [0.5, 0.6) is 0 Å². The van der Waals surface area contributed by atoms with E-state index < -0.39 is 11.8 Å². The van der Waals surface area contributed by atoms with Gasteiger partial charge < -0.3 is 4.74 Å². The van der Waals surface area contributed by atoms with E-state index in [0.717, 1.165) is 0 Å². The van der Waals surface area contributed by atoms with E-state index in [-0.39, 0.29) is 6.61 Å². The van der Waals surface area contributed by atoms with Crippen molar-refractivity contribution in [1.29, 1.82) is 0 Å². The lowest BCUT2D eigenvalue weighted by Crippen LogP contribution is -2.18. The number of aromatic nitrogens is 2. The molecule has 0 fully saturated rings. The topological polar surface area (TPSA) is 61.2 Å². The van der Waals surface area contributed by atoms with Gasteiger partial charge in [0, 0.05) is 12.7 Å². The van der Waals surface area contributed by atoms with Gasteiger partial charge in [-0.05, 0) is 13.8 Å². The highest BCUT2D eigenvalue weighted by atomic mass is 16.5. The molecule has 0 radical (unpaired) electrons. The van der Waals surface area contributed by atoms with E-state index in [1.54, 1.807) is 20.9 Å². The lowest BCUT2D eigenvalue weighted by atomic mass is 10.2. The molecule has 76 valence electrons. The van der Waals surface area contributed by atoms with Crippen LogP contribution < -0.4 is 0 Å². The van der Waals surface area contributed by atoms with Gasteiger partial charge in [0.2, 0.25) is 0 Å². The van der Waals surface area contributed by atoms with Gasteiger partial charge in [0.25, 0.3) is 5.78 Å². The summed E-state index contributed by atoms with van der Waals surface area (Å²) in [5.41, 5.74) is 0.953. The zero-order valence-electron chi connectivity index (χ0n) is 8.40. The summed E-state index contributed by atoms with van der Waals surface area (Å²) in [4.78, 5) is 22.5. The number of carbonyl (C=O) groups is 2. The second kappa shape index (κ2) is 4.04. The molecule has 0 amide bonds. The standard InChI is InChI=1S/C9H12N2O3/c1-4-14-9(13)8(12)7-5-10-11(3)6(7)2/h5H,4H2,1-3H3. The molecule has 5 heteroatoms. The predicted octanol–water partition coefficient (Wildman–Crippen LogP) is 0.474. The largest absolute Gasteiger partial charge is 0.460 e. The van der Waals surface area contributed by atoms with Crippen LogP contribution in [0.3, 0.4) is 0 Å². The first-order chi connectivity index (χ1) is 6.57. The van der Waals surface area contributed by atoms with Gasteiger partial charge in [-0.3, -0.25) is 9.48 Å². The molecule has 0 atom stereocenters. The van der Waals surface area contributed by atoms with Crippen molar-refractivity contribution in [2.75, 3.05) is 6.61 Å². The molecule has 5 nitrogen and oxygen atoms in total. The summed E-state index contributed by atoms with van der Waals surface area (Å²) in [5, 5.41) is 3.87. The molecule has 1 aromatic heterocycles. The first-order valence-electron chi connectivity index (χ1n) is 4.28. The van der Waals surface area contributed by atoms with Crippen molar-refractivity contribution in [3.63, 3.8) is 0 Å². The van der Waals surface area contributed by atoms with Crippen molar-refractivity contribution in [2.45, 2.75) is 13.8 Å². The minimum Gasteiger partial charge on any atom is -0.460 e. The Morgan fingerprint density at radius 3 is 2.64 bits per heavy atom. The van der Waals surface area contributed by atoms with Gasteiger partial charge in [-0.2, -0.15) is 5.10 Å². The Hall–Kier alpha value is -1.65. The quantitative estimate of drug-likeness (QED) is 0.400. The Bertz CT molecular complexity index is 368. The zero-order chi connectivity index (χ0) is 10.7. The number of nitrogens with zero attached hydrogens (tertiary/aromatic N) is 2. The summed E-state index contributed by atoms with van der Waals surface area (Å²) < 4.78 is 6.13. The number of hydrogen-bond donors (Lipinski definition) is 0. The van der Waals surface area contributed by atoms with Gasteiger partial charge in [-0.15, -0.1) is 0 Å². The third-order valence-electron chi connectivity index (χ3n) is 1.94. The highest BCUT2D eigenvalue weighted by molar-refractivity contribution is 6.40. The minimum atomic E-state index is -0.830. The summed E-state index contributed by atoms with van der Waals surface area (Å²) in [6.07, 6.45) is 1.37. The van der Waals surface area contributed by atoms with E-state index in [1.165, 1.54) is 10.9 Å². The molecule has 1 aromatic rings. The highest BCUT2D eigenvalue weighted by Gasteiger charge is 2.21. The summed E-state index contributed by atoms with van der Waals surface area (Å²) in [7, 11) is 1.71. The van der Waals surface area contributed by atoms with E-state index in [4.69, 9.17) is 0 Å². The summed E-state index contributed by atoms with van der Waals surface area (Å²) >= 11 is 0. The van der Waals surface area contributed by atoms with E-state index in [1.807, 2.05) is 0 Å². The summed E-state index contributed by atoms with van der Waals surface area (Å²) in [5.74, 6) is -1.47. The molecule has 14 heavy (non-hydrogen) atoms. The maximum Gasteiger partial charge on any atom is 0.379 e. The number of aryl methyl sites for hydroxylation is 1. The van der Waals surface area contributed by atoms with Crippen LogP contribution in [-0.4, -0.2) is 28.1 Å². The van der Waals surface area contributed by atoms with Crippen LogP contribution in [0.1, 0.15) is 23.0 Å². The van der Waals surface area contributed by atoms with Crippen LogP contribution in [0, 0.1) is 6.92 Å². The molecule has 0 aliphatic carbocycles. The Kier molecular flexibility index (Phi) is 3.01. The molecule has 0 aromatic carbocycles. The summed E-state index contributed by atoms with van der Waals surface area (Å²) in [6, 6.07) is 0. The van der Waals surface area contributed by atoms with Crippen LogP contribution in [0.2, 0.25) is 0 Å². The van der Waals surface area contributed by atoms with Gasteiger partial charge in [0.15, 0.2) is 0 Å². The number of ketones is 1. The Balaban J connectivity index is 2.90. The number of hydrogen-bond acceptors (Lipinski definition) is 4. The third-order valence-corrected chi connectivity index (χ3v) is 1.94. The van der Waals surface area contributed by atoms with Crippen molar-refractivity contribution in [1.82, 2.24) is 9.78 Å². The first kappa shape index (κ1) is 10.4. The molecule has 0 saturated heterocycles. The molecule has 0 unspecified atom stereocenters. The van der Waals surface area contributed by atoms with Crippen molar-refractivity contribution in [2.24, 2.45) is 7.05 Å². The Labute approximate surface area is 81.7 Å². The first-order valence-corrected chi connectivity index (χ1v) is 4.28. The number of carbonyl (C=O) groups excluding carboxylic acids is 2. The molecule has 0 aliphatic heterocycles. The van der Waals surface area contributed by atoms with E-state index in [9.17, 15) is 9.59 Å². The fourth-order valence-corrected chi connectivity index (χ4v) is 1.03. The normalized spacial score (nSPS) is 9.93. The van der Waals surface area contributed by atoms with Crippen LogP contribution in [0.15, 0.2) is 6.20 Å². The third kappa shape index (κ3) is 1.81. The molecule has 0 aliphatic rings. The average molecular weight is 196 g/mol. The lowest BCUT2D eigenvalue weighted by molar-refractivity contribution is -0.137. The van der Waals surface area contributed by atoms with Gasteiger partial charge in [-0.25, -0.2) is 4.79 Å². The fraction of sp³-hybridized carbons (Fsp3) is 0.444. The monoisotopic (exact) mass is 196 g/mol. The second-order valence-electron chi connectivity index (χ2n) is 2.82. The fourth-order valence-electron chi connectivity index (χ4n) is 1.03. The SMILES string of the molecule is CCOC(=O)C(=O)c1cnn(C)c1C. The highest BCUT2D eigenvalue weighted by Crippen LogP contribution is 2.07. The maximum atomic E-state index is 11.4. The number of esters is 1. The molecular weight excluding hydrogens is 184 g/mol. The van der Waals surface area contributed by atoms with E-state index in [0.29, 0.717) is 11.3 Å². The van der Waals surface area contributed by atoms with Crippen LogP contribution in [0.25, 0.3) is 0 Å². The van der Waals surface area contributed by atoms with Crippen molar-refractivity contribution in [3.05, 3.63) is 17.5 Å². The molecule has 0 spiro atoms. The zero-order valence-corrected chi connectivity index (χ0v) is 8.40. The molecule has 1 rings (SSSR count). The number of Topliss-reactive ketones (excluding diaryl/α,β-unsaturated/α-hetero) is 1. The van der Waals surface area contributed by atoms with Crippen LogP contribution >= 0.6 is 0 Å². The Morgan fingerprint density at radius 1 is 1.57 bits per heavy atom. The predicted molar refractivity (Wildman–Crippen MR) is 48.9 cm³/mol. The number of ether oxygens (including phenoxy) is 1. The van der Waals surface area contributed by atoms with Crippen LogP contribution in [0.4, 0.5) is 0 Å². The minimum absolute atomic E-state index is 0.198. The molecule has 0 bridgehead atoms. The lowest BCUT2D eigenvalue weighted by Gasteiger charge is -1.99. The van der Waals surface area contributed by atoms with Crippen molar-refractivity contribution in [3.8, 4) is 0 Å². The molecule has 1 heterocycles. The van der Waals surface area contributed by atoms with Gasteiger partial charge in [-0.1, -0.05) is 0 Å². The smallest absolute Gasteiger partial charge is 0.379 e. The Morgan fingerprint density at radius 2 is 2.21 bits per heavy atom. The van der Waals surface area contributed by atoms with E-state index in [2.05, 4.69) is 9.84 Å². The average Bonchev–Trinajstić information content (AvgIpc) is 2.47. The maximum absolute atomic E-state index is 11.4. The molecule has 0 N–H and O–H groups in total. The van der Waals surface area contributed by atoms with Crippen molar-refractivity contribution < 1.29 is 14.3 Å². The molecular formula is C9H12N2O3. The van der Waals surface area contributed by atoms with Gasteiger partial charge in [0.1, 0.15) is 0 Å². The summed E-state index contributed by atoms with van der Waals surface area (Å²) in [6.45, 7) is 3.57. The van der Waals surface area contributed by atoms with Crippen LogP contribution in [-0.2, 0) is 16.6 Å². The van der Waals surface area contributed by atoms with Crippen molar-refractivity contribution >= 4 is 11.8 Å². The number of rotatable bonds is 3. The van der Waals surface area contributed by atoms with Gasteiger partial charge in [0.05, 0.1) is 18.4 Å². The van der Waals surface area contributed by atoms with Gasteiger partial charge >= 0.3 is 5.97 Å². The van der Waals surface area contributed by atoms with E-state index >= 15 is 0 Å². The molecule has 0 saturated carbocycles.